The van der Waals surface area contributed by atoms with E-state index in [-0.39, 0.29) is 11.2 Å². The lowest BCUT2D eigenvalue weighted by Crippen LogP contribution is -2.31. The van der Waals surface area contributed by atoms with E-state index in [0.29, 0.717) is 6.42 Å². The molecule has 0 bridgehead atoms. The molecule has 1 atom stereocenters. The predicted octanol–water partition coefficient (Wildman–Crippen LogP) is -0.287. The zero-order valence-corrected chi connectivity index (χ0v) is 9.91. The van der Waals surface area contributed by atoms with Crippen molar-refractivity contribution in [2.45, 2.75) is 25.1 Å². The summed E-state index contributed by atoms with van der Waals surface area (Å²) >= 11 is 1.50. The van der Waals surface area contributed by atoms with Gasteiger partial charge in [0, 0.05) is 20.0 Å². The lowest BCUT2D eigenvalue weighted by molar-refractivity contribution is -0.120. The first-order valence-corrected chi connectivity index (χ1v) is 6.01. The Kier molecular flexibility index (Phi) is 4.54. The van der Waals surface area contributed by atoms with E-state index in [1.54, 1.807) is 11.7 Å². The van der Waals surface area contributed by atoms with Crippen molar-refractivity contribution >= 4 is 17.7 Å². The largest absolute Gasteiger partial charge is 0.358 e. The van der Waals surface area contributed by atoms with Crippen LogP contribution < -0.4 is 5.32 Å². The van der Waals surface area contributed by atoms with Crippen LogP contribution in [0, 0.1) is 0 Å². The van der Waals surface area contributed by atoms with E-state index in [2.05, 4.69) is 20.8 Å². The minimum atomic E-state index is -0.133. The topological polar surface area (TPSA) is 72.7 Å². The normalized spacial score (nSPS) is 12.5. The number of thioether (sulfide) groups is 1. The Bertz CT molecular complexity index is 327. The molecule has 1 unspecified atom stereocenters. The molecule has 1 rings (SSSR count). The maximum Gasteiger partial charge on any atom is 0.233 e. The molecule has 0 saturated carbocycles. The molecule has 0 aliphatic carbocycles. The summed E-state index contributed by atoms with van der Waals surface area (Å²) in [4.78, 5) is 11.5. The van der Waals surface area contributed by atoms with Gasteiger partial charge in [-0.3, -0.25) is 4.79 Å². The summed E-state index contributed by atoms with van der Waals surface area (Å²) in [7, 11) is 1.63. The molecule has 0 spiro atoms. The first-order valence-electron chi connectivity index (χ1n) is 4.72. The number of aryl methyl sites for hydroxylation is 1. The van der Waals surface area contributed by atoms with Gasteiger partial charge in [0.1, 0.15) is 0 Å². The number of hydrogen-bond acceptors (Lipinski definition) is 5. The molecule has 1 aromatic heterocycles. The maximum atomic E-state index is 11.5. The molecule has 0 aromatic carbocycles. The third kappa shape index (κ3) is 2.92. The number of rotatable bonds is 5. The van der Waals surface area contributed by atoms with Crippen molar-refractivity contribution in [1.29, 1.82) is 0 Å². The molecule has 1 aromatic rings. The van der Waals surface area contributed by atoms with Crippen molar-refractivity contribution in [2.75, 3.05) is 13.3 Å². The van der Waals surface area contributed by atoms with E-state index in [4.69, 9.17) is 0 Å². The van der Waals surface area contributed by atoms with E-state index in [1.165, 1.54) is 11.8 Å². The van der Waals surface area contributed by atoms with Crippen LogP contribution in [-0.4, -0.2) is 44.7 Å². The van der Waals surface area contributed by atoms with E-state index >= 15 is 0 Å². The fraction of sp³-hybridized carbons (Fsp3) is 0.750. The minimum Gasteiger partial charge on any atom is -0.358 e. The quantitative estimate of drug-likeness (QED) is 0.751. The van der Waals surface area contributed by atoms with Crippen LogP contribution in [0.2, 0.25) is 0 Å². The highest BCUT2D eigenvalue weighted by Crippen LogP contribution is 2.11. The first kappa shape index (κ1) is 12.0. The number of amides is 1. The van der Waals surface area contributed by atoms with Gasteiger partial charge in [-0.25, -0.2) is 4.68 Å². The second-order valence-electron chi connectivity index (χ2n) is 2.95. The number of carbonyl (C=O) groups excluding carboxylic acids is 1. The van der Waals surface area contributed by atoms with E-state index in [9.17, 15) is 4.79 Å². The Labute approximate surface area is 92.8 Å². The molecule has 1 heterocycles. The summed E-state index contributed by atoms with van der Waals surface area (Å²) in [6, 6.07) is 0. The van der Waals surface area contributed by atoms with Crippen LogP contribution in [0.5, 0.6) is 0 Å². The van der Waals surface area contributed by atoms with Gasteiger partial charge < -0.3 is 5.32 Å². The monoisotopic (exact) mass is 229 g/mol. The van der Waals surface area contributed by atoms with Crippen molar-refractivity contribution < 1.29 is 4.79 Å². The Morgan fingerprint density at radius 2 is 2.40 bits per heavy atom. The van der Waals surface area contributed by atoms with Gasteiger partial charge in [-0.15, -0.1) is 5.10 Å². The van der Waals surface area contributed by atoms with Gasteiger partial charge >= 0.3 is 0 Å². The standard InChI is InChI=1S/C8H15N5OS/c1-4-13-7(10-11-12-13)5-6(15-3)8(14)9-2/h6H,4-5H2,1-3H3,(H,9,14). The molecule has 0 saturated heterocycles. The average Bonchev–Trinajstić information content (AvgIpc) is 2.71. The van der Waals surface area contributed by atoms with Gasteiger partial charge in [-0.1, -0.05) is 0 Å². The predicted molar refractivity (Wildman–Crippen MR) is 58.6 cm³/mol. The molecule has 6 nitrogen and oxygen atoms in total. The van der Waals surface area contributed by atoms with Crippen LogP contribution in [0.1, 0.15) is 12.7 Å². The first-order chi connectivity index (χ1) is 7.22. The summed E-state index contributed by atoms with van der Waals surface area (Å²) in [6.45, 7) is 2.69. The van der Waals surface area contributed by atoms with Crippen LogP contribution >= 0.6 is 11.8 Å². The smallest absolute Gasteiger partial charge is 0.233 e. The number of carbonyl (C=O) groups is 1. The minimum absolute atomic E-state index is 0.00755. The molecular weight excluding hydrogens is 214 g/mol. The van der Waals surface area contributed by atoms with E-state index in [1.807, 2.05) is 13.2 Å². The van der Waals surface area contributed by atoms with E-state index < -0.39 is 0 Å². The average molecular weight is 229 g/mol. The second-order valence-corrected chi connectivity index (χ2v) is 3.99. The van der Waals surface area contributed by atoms with Gasteiger partial charge in [0.2, 0.25) is 5.91 Å². The zero-order valence-electron chi connectivity index (χ0n) is 9.10. The van der Waals surface area contributed by atoms with Gasteiger partial charge in [0.25, 0.3) is 0 Å². The molecular formula is C8H15N5OS. The SMILES string of the molecule is CCn1nnnc1CC(SC)C(=O)NC. The second kappa shape index (κ2) is 5.69. The zero-order chi connectivity index (χ0) is 11.3. The maximum absolute atomic E-state index is 11.5. The summed E-state index contributed by atoms with van der Waals surface area (Å²) in [5.41, 5.74) is 0. The Morgan fingerprint density at radius 3 is 2.93 bits per heavy atom. The highest BCUT2D eigenvalue weighted by atomic mass is 32.2. The van der Waals surface area contributed by atoms with Crippen LogP contribution in [-0.2, 0) is 17.8 Å². The fourth-order valence-electron chi connectivity index (χ4n) is 1.22. The van der Waals surface area contributed by atoms with Gasteiger partial charge in [0.15, 0.2) is 5.82 Å². The van der Waals surface area contributed by atoms with Gasteiger partial charge in [-0.2, -0.15) is 11.8 Å². The van der Waals surface area contributed by atoms with Crippen molar-refractivity contribution in [3.63, 3.8) is 0 Å². The summed E-state index contributed by atoms with van der Waals surface area (Å²) in [5, 5.41) is 13.8. The summed E-state index contributed by atoms with van der Waals surface area (Å²) in [6.07, 6.45) is 2.46. The van der Waals surface area contributed by atoms with Crippen molar-refractivity contribution in [3.05, 3.63) is 5.82 Å². The molecule has 7 heteroatoms. The van der Waals surface area contributed by atoms with Crippen LogP contribution in [0.15, 0.2) is 0 Å². The highest BCUT2D eigenvalue weighted by molar-refractivity contribution is 7.99. The molecule has 0 fully saturated rings. The van der Waals surface area contributed by atoms with Crippen molar-refractivity contribution in [2.24, 2.45) is 0 Å². The Balaban J connectivity index is 2.70. The molecule has 1 amide bonds. The van der Waals surface area contributed by atoms with Crippen molar-refractivity contribution in [3.8, 4) is 0 Å². The van der Waals surface area contributed by atoms with Crippen LogP contribution in [0.4, 0.5) is 0 Å². The summed E-state index contributed by atoms with van der Waals surface area (Å²) < 4.78 is 1.70. The number of nitrogens with one attached hydrogen (secondary N) is 1. The van der Waals surface area contributed by atoms with Gasteiger partial charge in [0.05, 0.1) is 5.25 Å². The lowest BCUT2D eigenvalue weighted by atomic mass is 10.2. The van der Waals surface area contributed by atoms with Crippen LogP contribution in [0.3, 0.4) is 0 Å². The number of nitrogens with zero attached hydrogens (tertiary/aromatic N) is 4. The fourth-order valence-corrected chi connectivity index (χ4v) is 1.87. The summed E-state index contributed by atoms with van der Waals surface area (Å²) in [5.74, 6) is 0.758. The number of hydrogen-bond donors (Lipinski definition) is 1. The number of tetrazole rings is 1. The van der Waals surface area contributed by atoms with Gasteiger partial charge in [-0.05, 0) is 23.6 Å². The molecule has 1 N–H and O–H groups in total. The number of aromatic nitrogens is 4. The van der Waals surface area contributed by atoms with E-state index in [0.717, 1.165) is 12.4 Å². The lowest BCUT2D eigenvalue weighted by Gasteiger charge is -2.11. The molecule has 0 radical (unpaired) electrons. The molecule has 0 aliphatic rings. The highest BCUT2D eigenvalue weighted by Gasteiger charge is 2.19. The van der Waals surface area contributed by atoms with Crippen LogP contribution in [0.25, 0.3) is 0 Å². The van der Waals surface area contributed by atoms with Crippen molar-refractivity contribution in [1.82, 2.24) is 25.5 Å². The molecule has 15 heavy (non-hydrogen) atoms. The molecule has 84 valence electrons. The third-order valence-electron chi connectivity index (χ3n) is 2.10. The Morgan fingerprint density at radius 1 is 1.67 bits per heavy atom. The Hall–Kier alpha value is -1.11. The molecule has 0 aliphatic heterocycles. The third-order valence-corrected chi connectivity index (χ3v) is 3.05.